The maximum atomic E-state index is 12.1. The van der Waals surface area contributed by atoms with Gasteiger partial charge in [0.15, 0.2) is 0 Å². The Balaban J connectivity index is 1.79. The lowest BCUT2D eigenvalue weighted by atomic mass is 10.00. The fourth-order valence-corrected chi connectivity index (χ4v) is 3.07. The van der Waals surface area contributed by atoms with E-state index in [1.165, 1.54) is 12.8 Å². The molecular formula is C14H25N3O3. The summed E-state index contributed by atoms with van der Waals surface area (Å²) in [4.78, 5) is 27.4. The number of amides is 2. The zero-order valence-electron chi connectivity index (χ0n) is 12.2. The topological polar surface area (TPSA) is 72.9 Å². The van der Waals surface area contributed by atoms with E-state index in [1.54, 1.807) is 0 Å². The van der Waals surface area contributed by atoms with E-state index in [4.69, 9.17) is 5.11 Å². The molecule has 2 amide bonds. The molecule has 0 radical (unpaired) electrons. The molecule has 2 N–H and O–H groups in total. The van der Waals surface area contributed by atoms with Crippen molar-refractivity contribution in [1.29, 1.82) is 0 Å². The highest BCUT2D eigenvalue weighted by Gasteiger charge is 2.31. The highest BCUT2D eigenvalue weighted by molar-refractivity contribution is 5.76. The van der Waals surface area contributed by atoms with Crippen molar-refractivity contribution in [3.05, 3.63) is 0 Å². The van der Waals surface area contributed by atoms with Gasteiger partial charge in [0.1, 0.15) is 0 Å². The van der Waals surface area contributed by atoms with Gasteiger partial charge in [0.25, 0.3) is 0 Å². The number of hydrogen-bond acceptors (Lipinski definition) is 3. The largest absolute Gasteiger partial charge is 0.481 e. The third-order valence-electron chi connectivity index (χ3n) is 4.47. The summed E-state index contributed by atoms with van der Waals surface area (Å²) in [6, 6.07) is 0.375. The van der Waals surface area contributed by atoms with Crippen LogP contribution in [0.5, 0.6) is 0 Å². The highest BCUT2D eigenvalue weighted by Crippen LogP contribution is 2.21. The third-order valence-corrected chi connectivity index (χ3v) is 4.47. The average molecular weight is 283 g/mol. The molecule has 2 rings (SSSR count). The first-order valence-electron chi connectivity index (χ1n) is 7.61. The summed E-state index contributed by atoms with van der Waals surface area (Å²) in [5, 5.41) is 11.7. The molecule has 6 heteroatoms. The summed E-state index contributed by atoms with van der Waals surface area (Å²) in [5.74, 6) is -1.33. The number of carbonyl (C=O) groups is 2. The summed E-state index contributed by atoms with van der Waals surface area (Å²) < 4.78 is 0. The minimum Gasteiger partial charge on any atom is -0.481 e. The Morgan fingerprint density at radius 2 is 2.10 bits per heavy atom. The Bertz CT molecular complexity index is 362. The first kappa shape index (κ1) is 15.1. The van der Waals surface area contributed by atoms with Crippen molar-refractivity contribution in [1.82, 2.24) is 15.1 Å². The molecule has 2 fully saturated rings. The van der Waals surface area contributed by atoms with Crippen molar-refractivity contribution in [2.75, 3.05) is 32.7 Å². The molecule has 2 atom stereocenters. The van der Waals surface area contributed by atoms with Gasteiger partial charge in [0, 0.05) is 32.2 Å². The number of nitrogens with zero attached hydrogens (tertiary/aromatic N) is 2. The second-order valence-electron chi connectivity index (χ2n) is 5.76. The van der Waals surface area contributed by atoms with Gasteiger partial charge < -0.3 is 15.3 Å². The molecule has 0 spiro atoms. The van der Waals surface area contributed by atoms with Gasteiger partial charge in [-0.15, -0.1) is 0 Å². The SMILES string of the molecule is CCC(CNC(=O)N1CCN2CCCCC2C1)C(=O)O. The smallest absolute Gasteiger partial charge is 0.317 e. The van der Waals surface area contributed by atoms with Crippen LogP contribution in [0.15, 0.2) is 0 Å². The number of rotatable bonds is 4. The lowest BCUT2D eigenvalue weighted by Gasteiger charge is -2.43. The quantitative estimate of drug-likeness (QED) is 0.806. The number of piperidine rings is 1. The minimum atomic E-state index is -0.843. The van der Waals surface area contributed by atoms with Crippen LogP contribution in [-0.2, 0) is 4.79 Å². The van der Waals surface area contributed by atoms with Crippen LogP contribution >= 0.6 is 0 Å². The second kappa shape index (κ2) is 6.92. The molecule has 0 aliphatic carbocycles. The van der Waals surface area contributed by atoms with E-state index in [-0.39, 0.29) is 12.6 Å². The summed E-state index contributed by atoms with van der Waals surface area (Å²) in [7, 11) is 0. The Morgan fingerprint density at radius 1 is 1.30 bits per heavy atom. The Hall–Kier alpha value is -1.30. The van der Waals surface area contributed by atoms with Crippen LogP contribution in [0, 0.1) is 5.92 Å². The van der Waals surface area contributed by atoms with E-state index >= 15 is 0 Å². The first-order chi connectivity index (χ1) is 9.61. The van der Waals surface area contributed by atoms with Crippen molar-refractivity contribution in [2.45, 2.75) is 38.6 Å². The Kier molecular flexibility index (Phi) is 5.23. The van der Waals surface area contributed by atoms with Crippen LogP contribution in [0.4, 0.5) is 4.79 Å². The van der Waals surface area contributed by atoms with E-state index in [0.717, 1.165) is 32.6 Å². The van der Waals surface area contributed by atoms with Gasteiger partial charge in [-0.1, -0.05) is 13.3 Å². The van der Waals surface area contributed by atoms with Gasteiger partial charge in [0.05, 0.1) is 5.92 Å². The molecule has 2 heterocycles. The number of piperazine rings is 1. The summed E-state index contributed by atoms with van der Waals surface area (Å²) in [5.41, 5.74) is 0. The van der Waals surface area contributed by atoms with E-state index in [1.807, 2.05) is 11.8 Å². The van der Waals surface area contributed by atoms with Crippen LogP contribution in [-0.4, -0.2) is 65.7 Å². The summed E-state index contributed by atoms with van der Waals surface area (Å²) >= 11 is 0. The van der Waals surface area contributed by atoms with Gasteiger partial charge in [-0.2, -0.15) is 0 Å². The average Bonchev–Trinajstić information content (AvgIpc) is 2.46. The molecule has 0 aromatic heterocycles. The monoisotopic (exact) mass is 283 g/mol. The molecule has 0 saturated carbocycles. The highest BCUT2D eigenvalue weighted by atomic mass is 16.4. The molecule has 0 aromatic rings. The van der Waals surface area contributed by atoms with Gasteiger partial charge >= 0.3 is 12.0 Å². The number of aliphatic carboxylic acids is 1. The number of hydrogen-bond donors (Lipinski definition) is 2. The fraction of sp³-hybridized carbons (Fsp3) is 0.857. The number of carboxylic acids is 1. The molecule has 6 nitrogen and oxygen atoms in total. The number of carbonyl (C=O) groups excluding carboxylic acids is 1. The summed E-state index contributed by atoms with van der Waals surface area (Å²) in [6.07, 6.45) is 4.20. The molecule has 2 aliphatic rings. The molecule has 2 aliphatic heterocycles. The van der Waals surface area contributed by atoms with Crippen molar-refractivity contribution in [3.63, 3.8) is 0 Å². The van der Waals surface area contributed by atoms with Gasteiger partial charge in [-0.3, -0.25) is 9.69 Å². The van der Waals surface area contributed by atoms with E-state index in [2.05, 4.69) is 10.2 Å². The maximum Gasteiger partial charge on any atom is 0.317 e. The van der Waals surface area contributed by atoms with Gasteiger partial charge in [-0.05, 0) is 25.8 Å². The van der Waals surface area contributed by atoms with Crippen LogP contribution in [0.2, 0.25) is 0 Å². The number of urea groups is 1. The molecule has 2 unspecified atom stereocenters. The van der Waals surface area contributed by atoms with Crippen molar-refractivity contribution in [2.24, 2.45) is 5.92 Å². The van der Waals surface area contributed by atoms with Gasteiger partial charge in [0.2, 0.25) is 0 Å². The van der Waals surface area contributed by atoms with Crippen molar-refractivity contribution < 1.29 is 14.7 Å². The maximum absolute atomic E-state index is 12.1. The standard InChI is InChI=1S/C14H25N3O3/c1-2-11(13(18)19)9-15-14(20)17-8-7-16-6-4-3-5-12(16)10-17/h11-12H,2-10H2,1H3,(H,15,20)(H,18,19). The normalized spacial score (nSPS) is 24.9. The lowest BCUT2D eigenvalue weighted by molar-refractivity contribution is -0.141. The molecule has 20 heavy (non-hydrogen) atoms. The Labute approximate surface area is 120 Å². The predicted octanol–water partition coefficient (Wildman–Crippen LogP) is 0.977. The van der Waals surface area contributed by atoms with Crippen molar-refractivity contribution in [3.8, 4) is 0 Å². The summed E-state index contributed by atoms with van der Waals surface area (Å²) in [6.45, 7) is 5.65. The molecular weight excluding hydrogens is 258 g/mol. The first-order valence-corrected chi connectivity index (χ1v) is 7.61. The van der Waals surface area contributed by atoms with Crippen LogP contribution < -0.4 is 5.32 Å². The number of carboxylic acid groups (broad SMARTS) is 1. The lowest BCUT2D eigenvalue weighted by Crippen LogP contribution is -2.58. The molecule has 2 saturated heterocycles. The predicted molar refractivity (Wildman–Crippen MR) is 75.6 cm³/mol. The number of nitrogens with one attached hydrogen (secondary N) is 1. The zero-order chi connectivity index (χ0) is 14.5. The van der Waals surface area contributed by atoms with Crippen LogP contribution in [0.25, 0.3) is 0 Å². The molecule has 114 valence electrons. The Morgan fingerprint density at radius 3 is 2.80 bits per heavy atom. The van der Waals surface area contributed by atoms with Crippen LogP contribution in [0.3, 0.4) is 0 Å². The van der Waals surface area contributed by atoms with Gasteiger partial charge in [-0.25, -0.2) is 4.79 Å². The van der Waals surface area contributed by atoms with E-state index in [9.17, 15) is 9.59 Å². The van der Waals surface area contributed by atoms with E-state index in [0.29, 0.717) is 12.5 Å². The third kappa shape index (κ3) is 3.62. The van der Waals surface area contributed by atoms with E-state index < -0.39 is 11.9 Å². The fourth-order valence-electron chi connectivity index (χ4n) is 3.07. The second-order valence-corrected chi connectivity index (χ2v) is 5.76. The van der Waals surface area contributed by atoms with Crippen molar-refractivity contribution >= 4 is 12.0 Å². The number of fused-ring (bicyclic) bond motifs is 1. The molecule has 0 aromatic carbocycles. The zero-order valence-corrected chi connectivity index (χ0v) is 12.2. The van der Waals surface area contributed by atoms with Crippen LogP contribution in [0.1, 0.15) is 32.6 Å². The minimum absolute atomic E-state index is 0.116. The molecule has 0 bridgehead atoms.